The molecule has 0 fully saturated rings. The summed E-state index contributed by atoms with van der Waals surface area (Å²) in [6.07, 6.45) is 0. The molecule has 0 saturated carbocycles. The number of amides is 1. The first-order valence-electron chi connectivity index (χ1n) is 8.44. The fraction of sp³-hybridized carbons (Fsp3) is 0.333. The van der Waals surface area contributed by atoms with Crippen molar-refractivity contribution in [2.75, 3.05) is 18.5 Å². The fourth-order valence-corrected chi connectivity index (χ4v) is 2.97. The molecule has 0 unspecified atom stereocenters. The van der Waals surface area contributed by atoms with Crippen LogP contribution in [0.2, 0.25) is 0 Å². The highest BCUT2D eigenvalue weighted by Gasteiger charge is 2.20. The van der Waals surface area contributed by atoms with E-state index in [2.05, 4.69) is 15.2 Å². The van der Waals surface area contributed by atoms with Crippen molar-refractivity contribution >= 4 is 27.8 Å². The number of carbonyl (C=O) groups excluding carboxylic acids is 2. The largest absolute Gasteiger partial charge is 0.455 e. The van der Waals surface area contributed by atoms with Gasteiger partial charge in [0, 0.05) is 11.5 Å². The van der Waals surface area contributed by atoms with E-state index in [4.69, 9.17) is 14.5 Å². The zero-order valence-corrected chi connectivity index (χ0v) is 16.9. The van der Waals surface area contributed by atoms with E-state index in [-0.39, 0.29) is 16.2 Å². The Morgan fingerprint density at radius 2 is 1.90 bits per heavy atom. The van der Waals surface area contributed by atoms with Crippen molar-refractivity contribution in [3.63, 3.8) is 0 Å². The van der Waals surface area contributed by atoms with Gasteiger partial charge in [-0.25, -0.2) is 8.42 Å². The predicted octanol–water partition coefficient (Wildman–Crippen LogP) is 1.30. The molecular formula is C18H20N4O6S. The Morgan fingerprint density at radius 1 is 1.24 bits per heavy atom. The van der Waals surface area contributed by atoms with Crippen LogP contribution < -0.4 is 10.0 Å². The lowest BCUT2D eigenvalue weighted by molar-refractivity contribution is -0.146. The molecule has 0 radical (unpaired) electrons. The number of hydrogen-bond acceptors (Lipinski definition) is 8. The zero-order valence-electron chi connectivity index (χ0n) is 16.1. The first-order chi connectivity index (χ1) is 13.5. The summed E-state index contributed by atoms with van der Waals surface area (Å²) in [5, 5.41) is 15.0. The maximum atomic E-state index is 12.1. The third-order valence-corrected chi connectivity index (χ3v) is 5.02. The van der Waals surface area contributed by atoms with Gasteiger partial charge >= 0.3 is 5.97 Å². The van der Waals surface area contributed by atoms with Gasteiger partial charge in [-0.2, -0.15) is 9.98 Å². The van der Waals surface area contributed by atoms with Crippen LogP contribution in [0.4, 0.5) is 5.88 Å². The SMILES string of the molecule is CC(C)(C)c1cc(NC(=O)COC(=O)CNS(=O)(=O)c2ccc(C#N)cc2)on1. The summed E-state index contributed by atoms with van der Waals surface area (Å²) in [4.78, 5) is 23.4. The Balaban J connectivity index is 1.81. The van der Waals surface area contributed by atoms with Gasteiger partial charge in [0.25, 0.3) is 5.91 Å². The lowest BCUT2D eigenvalue weighted by atomic mass is 9.92. The van der Waals surface area contributed by atoms with E-state index < -0.39 is 35.1 Å². The first kappa shape index (κ1) is 22.1. The smallest absolute Gasteiger partial charge is 0.321 e. The van der Waals surface area contributed by atoms with E-state index in [0.29, 0.717) is 11.3 Å². The Morgan fingerprint density at radius 3 is 2.45 bits per heavy atom. The number of nitrogens with one attached hydrogen (secondary N) is 2. The van der Waals surface area contributed by atoms with Gasteiger partial charge in [-0.3, -0.25) is 14.9 Å². The van der Waals surface area contributed by atoms with Crippen molar-refractivity contribution in [3.05, 3.63) is 41.6 Å². The van der Waals surface area contributed by atoms with Gasteiger partial charge in [0.15, 0.2) is 6.61 Å². The molecule has 2 N–H and O–H groups in total. The van der Waals surface area contributed by atoms with Crippen LogP contribution in [0.5, 0.6) is 0 Å². The molecule has 0 atom stereocenters. The third kappa shape index (κ3) is 6.41. The molecule has 10 nitrogen and oxygen atoms in total. The van der Waals surface area contributed by atoms with Gasteiger partial charge in [-0.05, 0) is 24.3 Å². The molecule has 1 amide bonds. The summed E-state index contributed by atoms with van der Waals surface area (Å²) >= 11 is 0. The average molecular weight is 420 g/mol. The zero-order chi connectivity index (χ0) is 21.7. The second kappa shape index (κ2) is 8.85. The van der Waals surface area contributed by atoms with E-state index in [9.17, 15) is 18.0 Å². The second-order valence-corrected chi connectivity index (χ2v) is 8.76. The molecule has 2 aromatic rings. The molecule has 0 spiro atoms. The summed E-state index contributed by atoms with van der Waals surface area (Å²) in [6.45, 7) is 4.50. The molecule has 1 aromatic heterocycles. The number of anilines is 1. The van der Waals surface area contributed by atoms with E-state index in [1.165, 1.54) is 24.3 Å². The number of esters is 1. The van der Waals surface area contributed by atoms with Crippen molar-refractivity contribution in [1.82, 2.24) is 9.88 Å². The van der Waals surface area contributed by atoms with Gasteiger partial charge in [-0.1, -0.05) is 25.9 Å². The Hall–Kier alpha value is -3.23. The van der Waals surface area contributed by atoms with Gasteiger partial charge in [-0.15, -0.1) is 0 Å². The van der Waals surface area contributed by atoms with Crippen LogP contribution in [0, 0.1) is 11.3 Å². The summed E-state index contributed by atoms with van der Waals surface area (Å²) in [5.74, 6) is -1.49. The number of benzene rings is 1. The lowest BCUT2D eigenvalue weighted by Crippen LogP contribution is -2.32. The Labute approximate surface area is 167 Å². The average Bonchev–Trinajstić information content (AvgIpc) is 3.14. The number of nitriles is 1. The monoisotopic (exact) mass is 420 g/mol. The number of nitrogens with zero attached hydrogens (tertiary/aromatic N) is 2. The molecule has 1 heterocycles. The topological polar surface area (TPSA) is 151 Å². The minimum absolute atomic E-state index is 0.109. The van der Waals surface area contributed by atoms with Gasteiger partial charge in [0.2, 0.25) is 15.9 Å². The highest BCUT2D eigenvalue weighted by Crippen LogP contribution is 2.23. The van der Waals surface area contributed by atoms with E-state index in [1.54, 1.807) is 6.07 Å². The van der Waals surface area contributed by atoms with E-state index in [0.717, 1.165) is 0 Å². The van der Waals surface area contributed by atoms with Crippen LogP contribution in [-0.2, 0) is 29.8 Å². The molecule has 154 valence electrons. The molecule has 0 aliphatic rings. The summed E-state index contributed by atoms with van der Waals surface area (Å²) in [5.41, 5.74) is 0.683. The van der Waals surface area contributed by atoms with Gasteiger partial charge < -0.3 is 9.26 Å². The number of hydrogen-bond donors (Lipinski definition) is 2. The summed E-state index contributed by atoms with van der Waals surface area (Å²) in [6, 6.07) is 8.59. The first-order valence-corrected chi connectivity index (χ1v) is 9.92. The number of ether oxygens (including phenoxy) is 1. The molecule has 2 rings (SSSR count). The Kier molecular flexibility index (Phi) is 6.73. The molecule has 0 aliphatic heterocycles. The lowest BCUT2D eigenvalue weighted by Gasteiger charge is -2.12. The summed E-state index contributed by atoms with van der Waals surface area (Å²) < 4.78 is 36.0. The van der Waals surface area contributed by atoms with Crippen molar-refractivity contribution in [1.29, 1.82) is 5.26 Å². The van der Waals surface area contributed by atoms with Crippen LogP contribution in [0.1, 0.15) is 32.0 Å². The third-order valence-electron chi connectivity index (χ3n) is 3.61. The van der Waals surface area contributed by atoms with Gasteiger partial charge in [0.1, 0.15) is 6.54 Å². The number of rotatable bonds is 7. The van der Waals surface area contributed by atoms with Crippen LogP contribution >= 0.6 is 0 Å². The second-order valence-electron chi connectivity index (χ2n) is 7.00. The molecule has 29 heavy (non-hydrogen) atoms. The highest BCUT2D eigenvalue weighted by molar-refractivity contribution is 7.89. The molecular weight excluding hydrogens is 400 g/mol. The van der Waals surface area contributed by atoms with Crippen molar-refractivity contribution in [2.45, 2.75) is 31.1 Å². The molecule has 1 aromatic carbocycles. The summed E-state index contributed by atoms with van der Waals surface area (Å²) in [7, 11) is -3.96. The maximum absolute atomic E-state index is 12.1. The quantitative estimate of drug-likeness (QED) is 0.636. The fourth-order valence-electron chi connectivity index (χ4n) is 2.00. The number of sulfonamides is 1. The minimum atomic E-state index is -3.96. The number of carbonyl (C=O) groups is 2. The van der Waals surface area contributed by atoms with Crippen LogP contribution in [0.25, 0.3) is 0 Å². The standard InChI is InChI=1S/C18H20N4O6S/c1-18(2,3)14-8-16(28-22-14)21-15(23)11-27-17(24)10-20-29(25,26)13-6-4-12(9-19)5-7-13/h4-8,20H,10-11H2,1-3H3,(H,21,23). The van der Waals surface area contributed by atoms with Crippen molar-refractivity contribution in [2.24, 2.45) is 0 Å². The Bertz CT molecular complexity index is 1030. The highest BCUT2D eigenvalue weighted by atomic mass is 32.2. The minimum Gasteiger partial charge on any atom is -0.455 e. The van der Waals surface area contributed by atoms with Crippen LogP contribution in [0.3, 0.4) is 0 Å². The van der Waals surface area contributed by atoms with Crippen molar-refractivity contribution in [3.8, 4) is 6.07 Å². The van der Waals surface area contributed by atoms with E-state index in [1.807, 2.05) is 26.8 Å². The van der Waals surface area contributed by atoms with E-state index >= 15 is 0 Å². The predicted molar refractivity (Wildman–Crippen MR) is 101 cm³/mol. The molecule has 0 bridgehead atoms. The van der Waals surface area contributed by atoms with Crippen molar-refractivity contribution < 1.29 is 27.3 Å². The molecule has 11 heteroatoms. The van der Waals surface area contributed by atoms with Crippen LogP contribution in [0.15, 0.2) is 39.8 Å². The molecule has 0 aliphatic carbocycles. The van der Waals surface area contributed by atoms with Gasteiger partial charge in [0.05, 0.1) is 22.2 Å². The normalized spacial score (nSPS) is 11.5. The van der Waals surface area contributed by atoms with Crippen LogP contribution in [-0.4, -0.2) is 38.6 Å². The maximum Gasteiger partial charge on any atom is 0.321 e. The molecule has 0 saturated heterocycles. The number of aromatic nitrogens is 1.